The lowest BCUT2D eigenvalue weighted by Crippen LogP contribution is -2.20. The Morgan fingerprint density at radius 3 is 1.92 bits per heavy atom. The number of hydrogen-bond acceptors (Lipinski definition) is 3. The molecule has 0 spiro atoms. The molecule has 0 aromatic heterocycles. The molecule has 2 aromatic rings. The molecule has 0 bridgehead atoms. The van der Waals surface area contributed by atoms with Crippen molar-refractivity contribution in [3.63, 3.8) is 0 Å². The molecule has 0 saturated heterocycles. The van der Waals surface area contributed by atoms with E-state index in [2.05, 4.69) is 5.32 Å². The van der Waals surface area contributed by atoms with Crippen LogP contribution in [0.2, 0.25) is 0 Å². The summed E-state index contributed by atoms with van der Waals surface area (Å²) >= 11 is 0. The van der Waals surface area contributed by atoms with E-state index in [0.717, 1.165) is 11.1 Å². The van der Waals surface area contributed by atoms with Crippen LogP contribution < -0.4 is 10.1 Å². The number of ether oxygens (including phenoxy) is 1. The third kappa shape index (κ3) is 4.18. The van der Waals surface area contributed by atoms with Crippen LogP contribution in [0.4, 0.5) is 5.69 Å². The first-order valence-electron chi connectivity index (χ1n) is 8.77. The zero-order valence-electron chi connectivity index (χ0n) is 16.7. The van der Waals surface area contributed by atoms with Gasteiger partial charge < -0.3 is 15.2 Å². The maximum absolute atomic E-state index is 12.9. The summed E-state index contributed by atoms with van der Waals surface area (Å²) in [6.07, 6.45) is 0. The van der Waals surface area contributed by atoms with E-state index in [0.29, 0.717) is 17.0 Å². The summed E-state index contributed by atoms with van der Waals surface area (Å²) in [7, 11) is 1.57. The number of aromatic hydroxyl groups is 1. The largest absolute Gasteiger partial charge is 0.507 e. The molecule has 140 valence electrons. The van der Waals surface area contributed by atoms with E-state index < -0.39 is 0 Å². The van der Waals surface area contributed by atoms with E-state index in [4.69, 9.17) is 4.74 Å². The number of methoxy groups -OCH3 is 1. The summed E-state index contributed by atoms with van der Waals surface area (Å²) in [5.74, 6) is 0.635. The van der Waals surface area contributed by atoms with Gasteiger partial charge in [-0.05, 0) is 35.1 Å². The van der Waals surface area contributed by atoms with Crippen molar-refractivity contribution in [3.05, 3.63) is 53.1 Å². The first-order chi connectivity index (χ1) is 11.9. The van der Waals surface area contributed by atoms with Crippen LogP contribution in [0.1, 0.15) is 63.0 Å². The Morgan fingerprint density at radius 1 is 0.962 bits per heavy atom. The highest BCUT2D eigenvalue weighted by Gasteiger charge is 2.28. The van der Waals surface area contributed by atoms with E-state index in [9.17, 15) is 9.90 Å². The van der Waals surface area contributed by atoms with Gasteiger partial charge in [-0.3, -0.25) is 4.79 Å². The van der Waals surface area contributed by atoms with Crippen molar-refractivity contribution in [2.24, 2.45) is 0 Å². The van der Waals surface area contributed by atoms with Crippen LogP contribution in [0.3, 0.4) is 0 Å². The van der Waals surface area contributed by atoms with Crippen LogP contribution in [0.5, 0.6) is 11.5 Å². The molecule has 26 heavy (non-hydrogen) atoms. The number of phenolic OH excluding ortho intramolecular Hbond substituents is 1. The minimum atomic E-state index is -0.287. The molecule has 0 radical (unpaired) electrons. The summed E-state index contributed by atoms with van der Waals surface area (Å²) < 4.78 is 5.30. The highest BCUT2D eigenvalue weighted by atomic mass is 16.5. The molecule has 0 aliphatic carbocycles. The van der Waals surface area contributed by atoms with Gasteiger partial charge in [-0.1, -0.05) is 53.7 Å². The number of anilines is 1. The van der Waals surface area contributed by atoms with Crippen LogP contribution in [-0.4, -0.2) is 18.1 Å². The van der Waals surface area contributed by atoms with Crippen molar-refractivity contribution in [1.82, 2.24) is 0 Å². The Hall–Kier alpha value is -2.49. The molecule has 0 unspecified atom stereocenters. The molecular formula is C22H29NO3. The summed E-state index contributed by atoms with van der Waals surface area (Å²) in [5, 5.41) is 13.7. The number of rotatable bonds is 3. The van der Waals surface area contributed by atoms with Gasteiger partial charge in [0.2, 0.25) is 0 Å². The van der Waals surface area contributed by atoms with Gasteiger partial charge in [0, 0.05) is 16.7 Å². The number of hydrogen-bond donors (Lipinski definition) is 2. The summed E-state index contributed by atoms with van der Waals surface area (Å²) in [6.45, 7) is 12.1. The average Bonchev–Trinajstić information content (AvgIpc) is 2.53. The lowest BCUT2D eigenvalue weighted by atomic mass is 9.78. The Morgan fingerprint density at radius 2 is 1.46 bits per heavy atom. The maximum atomic E-state index is 12.9. The minimum absolute atomic E-state index is 0.231. The fourth-order valence-electron chi connectivity index (χ4n) is 2.85. The Kier molecular flexibility index (Phi) is 5.36. The Labute approximate surface area is 156 Å². The van der Waals surface area contributed by atoms with Crippen molar-refractivity contribution in [3.8, 4) is 11.5 Å². The topological polar surface area (TPSA) is 58.6 Å². The van der Waals surface area contributed by atoms with E-state index in [-0.39, 0.29) is 22.5 Å². The smallest absolute Gasteiger partial charge is 0.255 e. The van der Waals surface area contributed by atoms with Gasteiger partial charge in [-0.2, -0.15) is 0 Å². The van der Waals surface area contributed by atoms with Gasteiger partial charge >= 0.3 is 0 Å². The number of phenols is 1. The van der Waals surface area contributed by atoms with E-state index in [1.807, 2.05) is 53.7 Å². The van der Waals surface area contributed by atoms with Crippen molar-refractivity contribution in [1.29, 1.82) is 0 Å². The van der Waals surface area contributed by atoms with Crippen molar-refractivity contribution < 1.29 is 14.6 Å². The number of nitrogens with one attached hydrogen (secondary N) is 1. The molecule has 0 aliphatic rings. The van der Waals surface area contributed by atoms with Gasteiger partial charge in [0.25, 0.3) is 5.91 Å². The molecule has 2 rings (SSSR count). The summed E-state index contributed by atoms with van der Waals surface area (Å²) in [6, 6.07) is 10.8. The maximum Gasteiger partial charge on any atom is 0.255 e. The average molecular weight is 355 g/mol. The van der Waals surface area contributed by atoms with Crippen molar-refractivity contribution in [2.75, 3.05) is 12.4 Å². The monoisotopic (exact) mass is 355 g/mol. The minimum Gasteiger partial charge on any atom is -0.507 e. The van der Waals surface area contributed by atoms with Crippen LogP contribution in [0, 0.1) is 0 Å². The molecule has 2 aromatic carbocycles. The molecule has 4 nitrogen and oxygen atoms in total. The summed E-state index contributed by atoms with van der Waals surface area (Å²) in [5.41, 5.74) is 2.08. The molecule has 0 saturated carbocycles. The fourth-order valence-corrected chi connectivity index (χ4v) is 2.85. The second kappa shape index (κ2) is 7.02. The molecule has 0 atom stereocenters. The second-order valence-corrected chi connectivity index (χ2v) is 8.57. The Balaban J connectivity index is 2.53. The predicted octanol–water partition coefficient (Wildman–Crippen LogP) is 5.25. The highest BCUT2D eigenvalue weighted by Crippen LogP contribution is 2.40. The van der Waals surface area contributed by atoms with Gasteiger partial charge in [0.05, 0.1) is 12.8 Å². The quantitative estimate of drug-likeness (QED) is 0.791. The number of benzene rings is 2. The van der Waals surface area contributed by atoms with Crippen LogP contribution in [-0.2, 0) is 10.8 Å². The second-order valence-electron chi connectivity index (χ2n) is 8.57. The molecule has 0 fully saturated rings. The zero-order valence-corrected chi connectivity index (χ0v) is 16.7. The van der Waals surface area contributed by atoms with Crippen LogP contribution >= 0.6 is 0 Å². The molecule has 0 aliphatic heterocycles. The third-order valence-corrected chi connectivity index (χ3v) is 4.34. The van der Waals surface area contributed by atoms with Crippen molar-refractivity contribution >= 4 is 11.6 Å². The van der Waals surface area contributed by atoms with Gasteiger partial charge in [0.15, 0.2) is 0 Å². The molecule has 2 N–H and O–H groups in total. The number of carbonyl (C=O) groups is 1. The molecule has 0 heterocycles. The molecule has 1 amide bonds. The van der Waals surface area contributed by atoms with E-state index >= 15 is 0 Å². The first kappa shape index (κ1) is 19.8. The van der Waals surface area contributed by atoms with Gasteiger partial charge in [-0.15, -0.1) is 0 Å². The van der Waals surface area contributed by atoms with Crippen LogP contribution in [0.15, 0.2) is 36.4 Å². The number of carbonyl (C=O) groups excluding carboxylic acids is 1. The number of amides is 1. The lowest BCUT2D eigenvalue weighted by molar-refractivity contribution is 0.102. The van der Waals surface area contributed by atoms with E-state index in [1.54, 1.807) is 31.4 Å². The predicted molar refractivity (Wildman–Crippen MR) is 106 cm³/mol. The van der Waals surface area contributed by atoms with Crippen LogP contribution in [0.25, 0.3) is 0 Å². The normalized spacial score (nSPS) is 12.0. The third-order valence-electron chi connectivity index (χ3n) is 4.34. The highest BCUT2D eigenvalue weighted by molar-refractivity contribution is 6.05. The van der Waals surface area contributed by atoms with Crippen molar-refractivity contribution in [2.45, 2.75) is 52.4 Å². The zero-order chi connectivity index (χ0) is 19.7. The van der Waals surface area contributed by atoms with Gasteiger partial charge in [0.1, 0.15) is 11.5 Å². The fraction of sp³-hybridized carbons (Fsp3) is 0.409. The lowest BCUT2D eigenvalue weighted by Gasteiger charge is -2.28. The standard InChI is InChI=1S/C22H29NO3/c1-21(2,3)15-12-14(13-16(19(15)24)22(4,5)6)20(25)23-17-10-8-9-11-18(17)26-7/h8-13,24H,1-7H3,(H,23,25). The van der Waals surface area contributed by atoms with E-state index in [1.165, 1.54) is 0 Å². The SMILES string of the molecule is COc1ccccc1NC(=O)c1cc(C(C)(C)C)c(O)c(C(C)(C)C)c1. The molecular weight excluding hydrogens is 326 g/mol. The Bertz CT molecular complexity index is 776. The first-order valence-corrected chi connectivity index (χ1v) is 8.77. The van der Waals surface area contributed by atoms with Gasteiger partial charge in [-0.25, -0.2) is 0 Å². The molecule has 4 heteroatoms. The summed E-state index contributed by atoms with van der Waals surface area (Å²) in [4.78, 5) is 12.9. The number of para-hydroxylation sites is 2.